The van der Waals surface area contributed by atoms with Crippen LogP contribution in [0.25, 0.3) is 0 Å². The highest BCUT2D eigenvalue weighted by molar-refractivity contribution is 6.31. The molecule has 0 fully saturated rings. The minimum atomic E-state index is -0.430. The van der Waals surface area contributed by atoms with E-state index in [4.69, 9.17) is 11.6 Å². The number of hydrogen-bond acceptors (Lipinski definition) is 1. The van der Waals surface area contributed by atoms with Gasteiger partial charge in [-0.3, -0.25) is 4.79 Å². The predicted octanol–water partition coefficient (Wildman–Crippen LogP) is 4.39. The van der Waals surface area contributed by atoms with Gasteiger partial charge < -0.3 is 0 Å². The van der Waals surface area contributed by atoms with E-state index >= 15 is 0 Å². The topological polar surface area (TPSA) is 17.1 Å². The van der Waals surface area contributed by atoms with Crippen LogP contribution in [0.2, 0.25) is 5.02 Å². The smallest absolute Gasteiger partial charge is 0.144 e. The number of ketones is 1. The molecule has 0 bridgehead atoms. The van der Waals surface area contributed by atoms with Gasteiger partial charge in [0.1, 0.15) is 11.6 Å². The largest absolute Gasteiger partial charge is 0.299 e. The number of carbonyl (C=O) groups is 1. The first kappa shape index (κ1) is 13.8. The van der Waals surface area contributed by atoms with E-state index in [9.17, 15) is 9.18 Å². The monoisotopic (exact) mass is 276 g/mol. The van der Waals surface area contributed by atoms with Crippen molar-refractivity contribution in [1.82, 2.24) is 0 Å². The Bertz CT molecular complexity index is 560. The van der Waals surface area contributed by atoms with Crippen LogP contribution < -0.4 is 0 Å². The van der Waals surface area contributed by atoms with Crippen molar-refractivity contribution in [2.45, 2.75) is 19.3 Å². The number of rotatable bonds is 4. The van der Waals surface area contributed by atoms with Crippen LogP contribution in [0.3, 0.4) is 0 Å². The highest BCUT2D eigenvalue weighted by Crippen LogP contribution is 2.23. The van der Waals surface area contributed by atoms with Gasteiger partial charge in [0.25, 0.3) is 0 Å². The van der Waals surface area contributed by atoms with Gasteiger partial charge in [0.05, 0.1) is 0 Å². The summed E-state index contributed by atoms with van der Waals surface area (Å²) < 4.78 is 13.6. The van der Waals surface area contributed by atoms with Crippen LogP contribution in [0.5, 0.6) is 0 Å². The van der Waals surface area contributed by atoms with E-state index in [0.717, 1.165) is 5.56 Å². The van der Waals surface area contributed by atoms with Crippen LogP contribution in [-0.2, 0) is 11.2 Å². The number of carbonyl (C=O) groups excluding carboxylic acids is 1. The molecule has 0 aliphatic heterocycles. The number of Topliss-reactive ketones (excluding diaryl/α,β-unsaturated/α-hetero) is 1. The van der Waals surface area contributed by atoms with E-state index in [-0.39, 0.29) is 23.7 Å². The van der Waals surface area contributed by atoms with E-state index in [2.05, 4.69) is 0 Å². The van der Waals surface area contributed by atoms with Crippen molar-refractivity contribution >= 4 is 17.4 Å². The average Bonchev–Trinajstić information content (AvgIpc) is 2.43. The van der Waals surface area contributed by atoms with Crippen molar-refractivity contribution in [2.75, 3.05) is 0 Å². The van der Waals surface area contributed by atoms with E-state index in [1.54, 1.807) is 6.07 Å². The maximum Gasteiger partial charge on any atom is 0.144 e. The summed E-state index contributed by atoms with van der Waals surface area (Å²) in [5, 5.41) is 0.300. The third-order valence-corrected chi connectivity index (χ3v) is 3.55. The molecule has 0 aromatic heterocycles. The molecule has 0 heterocycles. The zero-order chi connectivity index (χ0) is 13.8. The molecule has 3 heteroatoms. The van der Waals surface area contributed by atoms with E-state index in [0.29, 0.717) is 5.02 Å². The Balaban J connectivity index is 2.18. The maximum atomic E-state index is 13.6. The summed E-state index contributed by atoms with van der Waals surface area (Å²) in [6.45, 7) is 1.83. The molecule has 2 aromatic carbocycles. The Hall–Kier alpha value is -1.67. The van der Waals surface area contributed by atoms with Gasteiger partial charge in [0.2, 0.25) is 0 Å². The van der Waals surface area contributed by atoms with Crippen molar-refractivity contribution in [3.05, 3.63) is 70.5 Å². The highest BCUT2D eigenvalue weighted by Gasteiger charge is 2.18. The molecule has 1 atom stereocenters. The lowest BCUT2D eigenvalue weighted by molar-refractivity contribution is -0.119. The molecule has 2 aromatic rings. The summed E-state index contributed by atoms with van der Waals surface area (Å²) in [7, 11) is 0. The molecule has 0 saturated heterocycles. The van der Waals surface area contributed by atoms with Crippen LogP contribution in [0, 0.1) is 5.82 Å². The van der Waals surface area contributed by atoms with Crippen LogP contribution in [0.1, 0.15) is 24.0 Å². The molecule has 1 unspecified atom stereocenters. The van der Waals surface area contributed by atoms with Gasteiger partial charge in [0.15, 0.2) is 0 Å². The first-order valence-corrected chi connectivity index (χ1v) is 6.48. The van der Waals surface area contributed by atoms with Crippen molar-refractivity contribution in [1.29, 1.82) is 0 Å². The normalized spacial score (nSPS) is 12.2. The van der Waals surface area contributed by atoms with Gasteiger partial charge in [-0.2, -0.15) is 0 Å². The number of hydrogen-bond donors (Lipinski definition) is 0. The molecule has 0 N–H and O–H groups in total. The zero-order valence-corrected chi connectivity index (χ0v) is 11.3. The minimum Gasteiger partial charge on any atom is -0.299 e. The van der Waals surface area contributed by atoms with Crippen LogP contribution in [0.4, 0.5) is 4.39 Å². The first-order chi connectivity index (χ1) is 9.09. The Morgan fingerprint density at radius 1 is 1.16 bits per heavy atom. The fraction of sp³-hybridized carbons (Fsp3) is 0.188. The molecule has 0 radical (unpaired) electrons. The lowest BCUT2D eigenvalue weighted by Crippen LogP contribution is -2.13. The Labute approximate surface area is 117 Å². The summed E-state index contributed by atoms with van der Waals surface area (Å²) >= 11 is 5.93. The van der Waals surface area contributed by atoms with Crippen molar-refractivity contribution in [3.8, 4) is 0 Å². The second kappa shape index (κ2) is 5.98. The van der Waals surface area contributed by atoms with Gasteiger partial charge in [0, 0.05) is 22.9 Å². The molecular formula is C16H14ClFO. The van der Waals surface area contributed by atoms with Crippen LogP contribution in [0.15, 0.2) is 48.5 Å². The lowest BCUT2D eigenvalue weighted by atomic mass is 9.92. The second-order valence-corrected chi connectivity index (χ2v) is 4.88. The highest BCUT2D eigenvalue weighted by atomic mass is 35.5. The van der Waals surface area contributed by atoms with Crippen molar-refractivity contribution < 1.29 is 9.18 Å². The zero-order valence-electron chi connectivity index (χ0n) is 10.6. The Morgan fingerprint density at radius 3 is 2.47 bits per heavy atom. The molecule has 2 rings (SSSR count). The fourth-order valence-corrected chi connectivity index (χ4v) is 2.19. The molecule has 0 saturated carbocycles. The van der Waals surface area contributed by atoms with Gasteiger partial charge in [-0.05, 0) is 17.7 Å². The molecule has 19 heavy (non-hydrogen) atoms. The fourth-order valence-electron chi connectivity index (χ4n) is 1.96. The standard InChI is InChI=1S/C16H14ClFO/c1-11(12-6-3-2-4-7-12)16(19)10-13-14(17)8-5-9-15(13)18/h2-9,11H,10H2,1H3. The molecule has 0 amide bonds. The summed E-state index contributed by atoms with van der Waals surface area (Å²) in [6.07, 6.45) is 0.0154. The molecular weight excluding hydrogens is 263 g/mol. The van der Waals surface area contributed by atoms with Crippen LogP contribution in [-0.4, -0.2) is 5.78 Å². The Morgan fingerprint density at radius 2 is 1.84 bits per heavy atom. The third-order valence-electron chi connectivity index (χ3n) is 3.20. The summed E-state index contributed by atoms with van der Waals surface area (Å²) in [5.74, 6) is -0.740. The molecule has 0 spiro atoms. The van der Waals surface area contributed by atoms with Gasteiger partial charge in [-0.15, -0.1) is 0 Å². The number of halogens is 2. The summed E-state index contributed by atoms with van der Waals surface area (Å²) in [6, 6.07) is 13.9. The van der Waals surface area contributed by atoms with Gasteiger partial charge in [-0.1, -0.05) is 54.9 Å². The molecule has 0 aliphatic rings. The van der Waals surface area contributed by atoms with Crippen molar-refractivity contribution in [3.63, 3.8) is 0 Å². The van der Waals surface area contributed by atoms with Gasteiger partial charge in [-0.25, -0.2) is 4.39 Å². The van der Waals surface area contributed by atoms with Crippen molar-refractivity contribution in [2.24, 2.45) is 0 Å². The summed E-state index contributed by atoms with van der Waals surface area (Å²) in [5.41, 5.74) is 1.21. The SMILES string of the molecule is CC(C(=O)Cc1c(F)cccc1Cl)c1ccccc1. The molecule has 98 valence electrons. The average molecular weight is 277 g/mol. The predicted molar refractivity (Wildman–Crippen MR) is 75.0 cm³/mol. The molecule has 1 nitrogen and oxygen atoms in total. The first-order valence-electron chi connectivity index (χ1n) is 6.10. The van der Waals surface area contributed by atoms with Gasteiger partial charge >= 0.3 is 0 Å². The van der Waals surface area contributed by atoms with E-state index in [1.807, 2.05) is 37.3 Å². The van der Waals surface area contributed by atoms with Crippen LogP contribution >= 0.6 is 11.6 Å². The third kappa shape index (κ3) is 3.21. The number of benzene rings is 2. The Kier molecular flexibility index (Phi) is 4.33. The quantitative estimate of drug-likeness (QED) is 0.809. The molecule has 0 aliphatic carbocycles. The lowest BCUT2D eigenvalue weighted by Gasteiger charge is -2.12. The van der Waals surface area contributed by atoms with E-state index < -0.39 is 5.82 Å². The van der Waals surface area contributed by atoms with E-state index in [1.165, 1.54) is 12.1 Å². The second-order valence-electron chi connectivity index (χ2n) is 4.48. The maximum absolute atomic E-state index is 13.6. The minimum absolute atomic E-state index is 0.0154. The summed E-state index contributed by atoms with van der Waals surface area (Å²) in [4.78, 5) is 12.2.